The van der Waals surface area contributed by atoms with Gasteiger partial charge in [-0.3, -0.25) is 0 Å². The van der Waals surface area contributed by atoms with Crippen LogP contribution in [0.3, 0.4) is 0 Å². The average molecular weight is 395 g/mol. The Morgan fingerprint density at radius 1 is 1.15 bits per heavy atom. The fraction of sp³-hybridized carbons (Fsp3) is 0.917. The molecule has 158 valence electrons. The highest BCUT2D eigenvalue weighted by Gasteiger charge is 2.54. The smallest absolute Gasteiger partial charge is 0.192 e. The van der Waals surface area contributed by atoms with Crippen molar-refractivity contribution in [2.45, 2.75) is 117 Å². The van der Waals surface area contributed by atoms with Crippen molar-refractivity contribution >= 4 is 8.32 Å². The molecule has 0 aliphatic heterocycles. The summed E-state index contributed by atoms with van der Waals surface area (Å²) in [6, 6.07) is 0. The maximum absolute atomic E-state index is 9.98. The predicted octanol–water partition coefficient (Wildman–Crippen LogP) is 6.95. The number of hydrogen-bond donors (Lipinski definition) is 1. The van der Waals surface area contributed by atoms with Gasteiger partial charge in [0.05, 0.1) is 5.60 Å². The van der Waals surface area contributed by atoms with Gasteiger partial charge < -0.3 is 9.53 Å². The Bertz CT molecular complexity index is 525. The lowest BCUT2D eigenvalue weighted by molar-refractivity contribution is -0.0163. The summed E-state index contributed by atoms with van der Waals surface area (Å²) in [4.78, 5) is 0. The Kier molecular flexibility index (Phi) is 6.82. The molecular weight excluding hydrogens is 348 g/mol. The molecule has 2 aliphatic rings. The van der Waals surface area contributed by atoms with E-state index in [2.05, 4.69) is 59.9 Å². The Balaban J connectivity index is 2.11. The molecular formula is C24H46O2Si. The first-order chi connectivity index (χ1) is 12.2. The lowest BCUT2D eigenvalue weighted by Crippen LogP contribution is -2.50. The zero-order valence-electron chi connectivity index (χ0n) is 19.6. The molecule has 0 saturated heterocycles. The molecule has 0 radical (unpaired) electrons. The first-order valence-corrected chi connectivity index (χ1v) is 14.1. The van der Waals surface area contributed by atoms with E-state index in [1.54, 1.807) is 0 Å². The van der Waals surface area contributed by atoms with Crippen LogP contribution in [0.5, 0.6) is 0 Å². The molecule has 0 aromatic heterocycles. The van der Waals surface area contributed by atoms with Crippen LogP contribution in [0.15, 0.2) is 12.2 Å². The normalized spacial score (nSPS) is 34.1. The third-order valence-electron chi connectivity index (χ3n) is 8.08. The van der Waals surface area contributed by atoms with Crippen molar-refractivity contribution in [1.82, 2.24) is 0 Å². The SMILES string of the molecule is C[C@H](/C=C/CC(C)(C)O)C1CC[C@H]2[C@@H](O[Si](C)(C)C(C)(C)C)CCC[C@]12C. The van der Waals surface area contributed by atoms with E-state index in [9.17, 15) is 5.11 Å². The van der Waals surface area contributed by atoms with Crippen LogP contribution in [0, 0.1) is 23.2 Å². The van der Waals surface area contributed by atoms with Gasteiger partial charge in [-0.05, 0) is 87.3 Å². The van der Waals surface area contributed by atoms with Gasteiger partial charge in [-0.25, -0.2) is 0 Å². The van der Waals surface area contributed by atoms with Crippen molar-refractivity contribution in [3.8, 4) is 0 Å². The Morgan fingerprint density at radius 3 is 2.33 bits per heavy atom. The molecule has 2 saturated carbocycles. The minimum Gasteiger partial charge on any atom is -0.414 e. The first-order valence-electron chi connectivity index (χ1n) is 11.2. The highest BCUT2D eigenvalue weighted by atomic mass is 28.4. The van der Waals surface area contributed by atoms with Gasteiger partial charge in [0.15, 0.2) is 8.32 Å². The van der Waals surface area contributed by atoms with Crippen molar-refractivity contribution in [1.29, 1.82) is 0 Å². The van der Waals surface area contributed by atoms with Crippen LogP contribution < -0.4 is 0 Å². The molecule has 0 amide bonds. The molecule has 3 heteroatoms. The Hall–Kier alpha value is -0.123. The van der Waals surface area contributed by atoms with E-state index in [-0.39, 0.29) is 5.04 Å². The number of fused-ring (bicyclic) bond motifs is 1. The van der Waals surface area contributed by atoms with E-state index in [4.69, 9.17) is 4.43 Å². The molecule has 0 spiro atoms. The molecule has 0 bridgehead atoms. The third-order valence-corrected chi connectivity index (χ3v) is 12.6. The summed E-state index contributed by atoms with van der Waals surface area (Å²) in [6.45, 7) is 20.6. The van der Waals surface area contributed by atoms with Crippen LogP contribution in [-0.4, -0.2) is 25.1 Å². The monoisotopic (exact) mass is 394 g/mol. The van der Waals surface area contributed by atoms with Crippen LogP contribution in [0.4, 0.5) is 0 Å². The van der Waals surface area contributed by atoms with Crippen LogP contribution in [0.2, 0.25) is 18.1 Å². The highest BCUT2D eigenvalue weighted by molar-refractivity contribution is 6.74. The summed E-state index contributed by atoms with van der Waals surface area (Å²) >= 11 is 0. The predicted molar refractivity (Wildman–Crippen MR) is 119 cm³/mol. The topological polar surface area (TPSA) is 29.5 Å². The number of hydrogen-bond acceptors (Lipinski definition) is 2. The second-order valence-corrected chi connectivity index (χ2v) is 16.7. The molecule has 2 rings (SSSR count). The molecule has 1 unspecified atom stereocenters. The van der Waals surface area contributed by atoms with E-state index in [1.165, 1.54) is 32.1 Å². The van der Waals surface area contributed by atoms with Crippen LogP contribution in [0.25, 0.3) is 0 Å². The van der Waals surface area contributed by atoms with Gasteiger partial charge in [0.1, 0.15) is 0 Å². The van der Waals surface area contributed by atoms with Crippen LogP contribution in [-0.2, 0) is 4.43 Å². The van der Waals surface area contributed by atoms with Gasteiger partial charge in [-0.15, -0.1) is 0 Å². The van der Waals surface area contributed by atoms with Crippen molar-refractivity contribution in [3.05, 3.63) is 12.2 Å². The number of rotatable bonds is 6. The molecule has 2 fully saturated rings. The molecule has 0 aromatic rings. The zero-order chi connectivity index (χ0) is 20.7. The summed E-state index contributed by atoms with van der Waals surface area (Å²) in [5.74, 6) is 2.04. The molecule has 27 heavy (non-hydrogen) atoms. The number of aliphatic hydroxyl groups is 1. The van der Waals surface area contributed by atoms with E-state index in [0.29, 0.717) is 17.4 Å². The number of allylic oxidation sites excluding steroid dienone is 1. The maximum Gasteiger partial charge on any atom is 0.192 e. The van der Waals surface area contributed by atoms with Crippen molar-refractivity contribution < 1.29 is 9.53 Å². The van der Waals surface area contributed by atoms with Crippen LogP contribution in [0.1, 0.15) is 87.0 Å². The summed E-state index contributed by atoms with van der Waals surface area (Å²) in [7, 11) is -1.72. The van der Waals surface area contributed by atoms with Gasteiger partial charge in [0.2, 0.25) is 0 Å². The van der Waals surface area contributed by atoms with Crippen molar-refractivity contribution in [2.24, 2.45) is 23.2 Å². The minimum absolute atomic E-state index is 0.284. The quantitative estimate of drug-likeness (QED) is 0.390. The summed E-state index contributed by atoms with van der Waals surface area (Å²) < 4.78 is 6.96. The van der Waals surface area contributed by atoms with Crippen molar-refractivity contribution in [2.75, 3.05) is 0 Å². The van der Waals surface area contributed by atoms with Gasteiger partial charge in [0.25, 0.3) is 0 Å². The fourth-order valence-corrected chi connectivity index (χ4v) is 6.82. The van der Waals surface area contributed by atoms with Crippen molar-refractivity contribution in [3.63, 3.8) is 0 Å². The van der Waals surface area contributed by atoms with Crippen LogP contribution >= 0.6 is 0 Å². The fourth-order valence-electron chi connectivity index (χ4n) is 5.43. The third kappa shape index (κ3) is 5.28. The first kappa shape index (κ1) is 23.2. The van der Waals surface area contributed by atoms with Gasteiger partial charge in [-0.2, -0.15) is 0 Å². The summed E-state index contributed by atoms with van der Waals surface area (Å²) in [5, 5.41) is 10.3. The van der Waals surface area contributed by atoms with E-state index >= 15 is 0 Å². The average Bonchev–Trinajstić information content (AvgIpc) is 2.82. The van der Waals surface area contributed by atoms with E-state index < -0.39 is 13.9 Å². The van der Waals surface area contributed by atoms with Gasteiger partial charge in [0, 0.05) is 6.10 Å². The Morgan fingerprint density at radius 2 is 1.78 bits per heavy atom. The van der Waals surface area contributed by atoms with Gasteiger partial charge >= 0.3 is 0 Å². The minimum atomic E-state index is -1.72. The second kappa shape index (κ2) is 7.95. The summed E-state index contributed by atoms with van der Waals surface area (Å²) in [6.07, 6.45) is 12.3. The molecule has 5 atom stereocenters. The highest BCUT2D eigenvalue weighted by Crippen LogP contribution is 2.59. The molecule has 0 aromatic carbocycles. The van der Waals surface area contributed by atoms with E-state index in [1.807, 2.05) is 13.8 Å². The maximum atomic E-state index is 9.98. The molecule has 2 aliphatic carbocycles. The lowest BCUT2D eigenvalue weighted by atomic mass is 9.62. The Labute approximate surface area is 170 Å². The second-order valence-electron chi connectivity index (χ2n) is 11.9. The molecule has 2 nitrogen and oxygen atoms in total. The lowest BCUT2D eigenvalue weighted by Gasteiger charge is -2.49. The zero-order valence-corrected chi connectivity index (χ0v) is 20.6. The largest absolute Gasteiger partial charge is 0.414 e. The van der Waals surface area contributed by atoms with E-state index in [0.717, 1.165) is 18.3 Å². The standard InChI is InChI=1S/C24H46O2Si/c1-18(12-10-16-23(5,6)25)19-14-15-20-21(13-11-17-24(19,20)7)26-27(8,9)22(2,3)4/h10,12,18-21,25H,11,13-17H2,1-9H3/b12-10+/t18-,19?,20+,21+,24-/m1/s1. The molecule has 0 heterocycles. The molecule has 1 N–H and O–H groups in total. The van der Waals surface area contributed by atoms with Gasteiger partial charge in [-0.1, -0.05) is 53.2 Å². The summed E-state index contributed by atoms with van der Waals surface area (Å²) in [5.41, 5.74) is -0.199.